The maximum absolute atomic E-state index is 12.8. The Kier molecular flexibility index (Phi) is 4.22. The van der Waals surface area contributed by atoms with E-state index in [4.69, 9.17) is 4.74 Å². The molecule has 2 atom stereocenters. The molecule has 0 bridgehead atoms. The molecular weight excluding hydrogens is 310 g/mol. The van der Waals surface area contributed by atoms with Crippen LogP contribution < -0.4 is 10.1 Å². The molecule has 1 aliphatic heterocycles. The topological polar surface area (TPSA) is 95.9 Å². The summed E-state index contributed by atoms with van der Waals surface area (Å²) in [6.45, 7) is 1.32. The molecule has 124 valence electrons. The molecule has 0 saturated heterocycles. The Morgan fingerprint density at radius 1 is 1.04 bits per heavy atom. The number of aliphatic carboxylic acids is 1. The van der Waals surface area contributed by atoms with Crippen LogP contribution in [0, 0.1) is 0 Å². The van der Waals surface area contributed by atoms with E-state index in [-0.39, 0.29) is 0 Å². The number of nitrogens with one attached hydrogen (secondary N) is 1. The third-order valence-electron chi connectivity index (χ3n) is 3.99. The molecule has 6 nitrogen and oxygen atoms in total. The fourth-order valence-electron chi connectivity index (χ4n) is 2.82. The Morgan fingerprint density at radius 3 is 2.00 bits per heavy atom. The lowest BCUT2D eigenvalue weighted by molar-refractivity contribution is -0.144. The number of carboxylic acids is 1. The Bertz CT molecular complexity index is 741. The highest BCUT2D eigenvalue weighted by Gasteiger charge is 2.35. The normalized spacial score (nSPS) is 15.4. The fraction of sp³-hybridized carbons (Fsp3) is 0.222. The molecule has 0 spiro atoms. The van der Waals surface area contributed by atoms with Crippen molar-refractivity contribution in [3.63, 3.8) is 0 Å². The molecule has 0 radical (unpaired) electrons. The van der Waals surface area contributed by atoms with Gasteiger partial charge in [0.2, 0.25) is 5.91 Å². The quantitative estimate of drug-likeness (QED) is 0.797. The Morgan fingerprint density at radius 2 is 1.54 bits per heavy atom. The number of ether oxygens (including phenoxy) is 1. The maximum atomic E-state index is 12.8. The van der Waals surface area contributed by atoms with E-state index < -0.39 is 29.9 Å². The molecule has 6 heteroatoms. The first-order valence-corrected chi connectivity index (χ1v) is 7.56. The number of para-hydroxylation sites is 2. The van der Waals surface area contributed by atoms with Crippen LogP contribution in [-0.4, -0.2) is 34.2 Å². The van der Waals surface area contributed by atoms with E-state index in [2.05, 4.69) is 5.32 Å². The Hall–Kier alpha value is -2.86. The van der Waals surface area contributed by atoms with Crippen LogP contribution in [-0.2, 0) is 9.59 Å². The SMILES string of the molecule is C[C@H](O)[C@H](NC(=O)C1c2ccccc2Oc2ccccc21)C(=O)O. The predicted molar refractivity (Wildman–Crippen MR) is 86.0 cm³/mol. The molecule has 0 fully saturated rings. The number of amides is 1. The van der Waals surface area contributed by atoms with Gasteiger partial charge in [-0.05, 0) is 19.1 Å². The predicted octanol–water partition coefficient (Wildman–Crippen LogP) is 1.87. The second-order valence-corrected chi connectivity index (χ2v) is 5.68. The van der Waals surface area contributed by atoms with Gasteiger partial charge in [0, 0.05) is 11.1 Å². The summed E-state index contributed by atoms with van der Waals surface area (Å²) < 4.78 is 5.81. The van der Waals surface area contributed by atoms with Crippen LogP contribution in [0.2, 0.25) is 0 Å². The van der Waals surface area contributed by atoms with Gasteiger partial charge in [0.25, 0.3) is 0 Å². The number of benzene rings is 2. The van der Waals surface area contributed by atoms with Crippen molar-refractivity contribution in [1.29, 1.82) is 0 Å². The highest BCUT2D eigenvalue weighted by Crippen LogP contribution is 2.43. The first kappa shape index (κ1) is 16.0. The van der Waals surface area contributed by atoms with Gasteiger partial charge >= 0.3 is 5.97 Å². The second-order valence-electron chi connectivity index (χ2n) is 5.68. The highest BCUT2D eigenvalue weighted by molar-refractivity contribution is 5.92. The highest BCUT2D eigenvalue weighted by atomic mass is 16.5. The molecule has 0 unspecified atom stereocenters. The van der Waals surface area contributed by atoms with Gasteiger partial charge in [-0.1, -0.05) is 36.4 Å². The van der Waals surface area contributed by atoms with Crippen molar-refractivity contribution in [3.05, 3.63) is 59.7 Å². The van der Waals surface area contributed by atoms with E-state index in [1.165, 1.54) is 6.92 Å². The zero-order valence-electron chi connectivity index (χ0n) is 13.0. The molecule has 1 aliphatic rings. The van der Waals surface area contributed by atoms with Crippen LogP contribution in [0.25, 0.3) is 0 Å². The molecule has 3 N–H and O–H groups in total. The smallest absolute Gasteiger partial charge is 0.328 e. The summed E-state index contributed by atoms with van der Waals surface area (Å²) in [6.07, 6.45) is -1.21. The average molecular weight is 327 g/mol. The molecular formula is C18H17NO5. The number of carbonyl (C=O) groups excluding carboxylic acids is 1. The van der Waals surface area contributed by atoms with Crippen LogP contribution in [0.5, 0.6) is 11.5 Å². The second kappa shape index (κ2) is 6.33. The number of hydrogen-bond acceptors (Lipinski definition) is 4. The van der Waals surface area contributed by atoms with Crippen molar-refractivity contribution in [2.75, 3.05) is 0 Å². The van der Waals surface area contributed by atoms with E-state index in [9.17, 15) is 19.8 Å². The molecule has 1 heterocycles. The van der Waals surface area contributed by atoms with Crippen LogP contribution in [0.1, 0.15) is 24.0 Å². The van der Waals surface area contributed by atoms with Gasteiger partial charge in [-0.15, -0.1) is 0 Å². The molecule has 3 rings (SSSR count). The van der Waals surface area contributed by atoms with Crippen LogP contribution in [0.4, 0.5) is 0 Å². The lowest BCUT2D eigenvalue weighted by atomic mass is 9.87. The summed E-state index contributed by atoms with van der Waals surface area (Å²) in [7, 11) is 0. The molecule has 0 saturated carbocycles. The molecule has 0 aliphatic carbocycles. The van der Waals surface area contributed by atoms with Gasteiger partial charge < -0.3 is 20.3 Å². The van der Waals surface area contributed by atoms with Gasteiger partial charge in [0.15, 0.2) is 6.04 Å². The van der Waals surface area contributed by atoms with Crippen LogP contribution in [0.3, 0.4) is 0 Å². The van der Waals surface area contributed by atoms with Crippen LogP contribution in [0.15, 0.2) is 48.5 Å². The molecule has 2 aromatic rings. The molecule has 0 aromatic heterocycles. The third-order valence-corrected chi connectivity index (χ3v) is 3.99. The van der Waals surface area contributed by atoms with Gasteiger partial charge in [-0.2, -0.15) is 0 Å². The van der Waals surface area contributed by atoms with Crippen molar-refractivity contribution in [2.24, 2.45) is 0 Å². The van der Waals surface area contributed by atoms with Crippen molar-refractivity contribution in [1.82, 2.24) is 5.32 Å². The first-order valence-electron chi connectivity index (χ1n) is 7.56. The zero-order chi connectivity index (χ0) is 17.3. The number of aliphatic hydroxyl groups is 1. The largest absolute Gasteiger partial charge is 0.480 e. The summed E-state index contributed by atoms with van der Waals surface area (Å²) in [5.41, 5.74) is 1.31. The monoisotopic (exact) mass is 327 g/mol. The number of aliphatic hydroxyl groups excluding tert-OH is 1. The summed E-state index contributed by atoms with van der Waals surface area (Å²) in [4.78, 5) is 24.1. The van der Waals surface area contributed by atoms with Crippen molar-refractivity contribution < 1.29 is 24.5 Å². The zero-order valence-corrected chi connectivity index (χ0v) is 13.0. The summed E-state index contributed by atoms with van der Waals surface area (Å²) >= 11 is 0. The number of fused-ring (bicyclic) bond motifs is 2. The molecule has 1 amide bonds. The van der Waals surface area contributed by atoms with E-state index in [1.54, 1.807) is 48.5 Å². The fourth-order valence-corrected chi connectivity index (χ4v) is 2.82. The van der Waals surface area contributed by atoms with Gasteiger partial charge in [-0.25, -0.2) is 4.79 Å². The third kappa shape index (κ3) is 2.83. The van der Waals surface area contributed by atoms with Gasteiger partial charge in [-0.3, -0.25) is 4.79 Å². The summed E-state index contributed by atoms with van der Waals surface area (Å²) in [5.74, 6) is -1.37. The average Bonchev–Trinajstić information content (AvgIpc) is 2.56. The lowest BCUT2D eigenvalue weighted by Gasteiger charge is -2.28. The Labute approximate surface area is 138 Å². The van der Waals surface area contributed by atoms with E-state index >= 15 is 0 Å². The van der Waals surface area contributed by atoms with Crippen LogP contribution >= 0.6 is 0 Å². The maximum Gasteiger partial charge on any atom is 0.328 e. The number of hydrogen-bond donors (Lipinski definition) is 3. The lowest BCUT2D eigenvalue weighted by Crippen LogP contribution is -2.49. The standard InChI is InChI=1S/C18H17NO5/c1-10(20)16(18(22)23)19-17(21)15-11-6-2-4-8-13(11)24-14-9-5-3-7-12(14)15/h2-10,15-16,20H,1H3,(H,19,21)(H,22,23)/t10-,16-/m0/s1. The minimum atomic E-state index is -1.38. The van der Waals surface area contributed by atoms with Crippen molar-refractivity contribution in [2.45, 2.75) is 25.0 Å². The van der Waals surface area contributed by atoms with Crippen molar-refractivity contribution >= 4 is 11.9 Å². The minimum Gasteiger partial charge on any atom is -0.480 e. The van der Waals surface area contributed by atoms with Gasteiger partial charge in [0.05, 0.1) is 12.0 Å². The first-order chi connectivity index (χ1) is 11.5. The van der Waals surface area contributed by atoms with E-state index in [0.717, 1.165) is 0 Å². The number of rotatable bonds is 4. The summed E-state index contributed by atoms with van der Waals surface area (Å²) in [5, 5.41) is 21.2. The Balaban J connectivity index is 2.01. The van der Waals surface area contributed by atoms with Crippen molar-refractivity contribution in [3.8, 4) is 11.5 Å². The van der Waals surface area contributed by atoms with E-state index in [0.29, 0.717) is 22.6 Å². The number of carbonyl (C=O) groups is 2. The molecule has 2 aromatic carbocycles. The van der Waals surface area contributed by atoms with Gasteiger partial charge in [0.1, 0.15) is 11.5 Å². The number of carboxylic acid groups (broad SMARTS) is 1. The molecule has 24 heavy (non-hydrogen) atoms. The van der Waals surface area contributed by atoms with E-state index in [1.807, 2.05) is 0 Å². The summed E-state index contributed by atoms with van der Waals surface area (Å²) in [6, 6.07) is 12.9. The minimum absolute atomic E-state index is 0.494.